The van der Waals surface area contributed by atoms with Gasteiger partial charge in [-0.15, -0.1) is 0 Å². The molecule has 1 heterocycles. The van der Waals surface area contributed by atoms with E-state index in [0.29, 0.717) is 17.0 Å². The highest BCUT2D eigenvalue weighted by atomic mass is 28.3. The van der Waals surface area contributed by atoms with Crippen molar-refractivity contribution in [2.45, 2.75) is 45.6 Å². The predicted molar refractivity (Wildman–Crippen MR) is 123 cm³/mol. The number of rotatable bonds is 5. The molecule has 0 saturated carbocycles. The van der Waals surface area contributed by atoms with Gasteiger partial charge < -0.3 is 4.74 Å². The summed E-state index contributed by atoms with van der Waals surface area (Å²) in [6.07, 6.45) is -0.0452. The third kappa shape index (κ3) is 3.65. The minimum atomic E-state index is -1.48. The minimum absolute atomic E-state index is 0.0355. The van der Waals surface area contributed by atoms with E-state index in [-0.39, 0.29) is 11.9 Å². The maximum atomic E-state index is 13.8. The number of hydrogen-bond donors (Lipinski definition) is 0. The second kappa shape index (κ2) is 7.27. The molecule has 0 amide bonds. The van der Waals surface area contributed by atoms with Gasteiger partial charge in [0.15, 0.2) is 11.5 Å². The quantitative estimate of drug-likeness (QED) is 0.482. The van der Waals surface area contributed by atoms with E-state index in [1.807, 2.05) is 62.4 Å². The number of allylic oxidation sites excluding steroid dienone is 1. The Morgan fingerprint density at radius 1 is 0.966 bits per heavy atom. The molecule has 0 N–H and O–H groups in total. The van der Waals surface area contributed by atoms with E-state index in [1.165, 1.54) is 0 Å². The largest absolute Gasteiger partial charge is 0.488 e. The first kappa shape index (κ1) is 19.6. The minimum Gasteiger partial charge on any atom is -0.488 e. The highest BCUT2D eigenvalue weighted by Crippen LogP contribution is 2.42. The standard InChI is InChI=1S/C25H27NO2Si/c1-16(2)28-25-21(17-11-7-6-8-12-17)24(27)22-19(15-29(3,4)5)18-13-9-10-14-20(18)26-23(22)25/h6-14,16H,15H2,1-5H3. The molecule has 0 spiro atoms. The molecule has 148 valence electrons. The van der Waals surface area contributed by atoms with Crippen LogP contribution < -0.4 is 0 Å². The normalized spacial score (nSPS) is 14.1. The molecule has 0 saturated heterocycles. The van der Waals surface area contributed by atoms with Crippen LogP contribution in [0.2, 0.25) is 19.6 Å². The average Bonchev–Trinajstić information content (AvgIpc) is 2.92. The number of fused-ring (bicyclic) bond motifs is 2. The molecule has 4 heteroatoms. The molecule has 0 aliphatic heterocycles. The van der Waals surface area contributed by atoms with Crippen molar-refractivity contribution in [3.63, 3.8) is 0 Å². The van der Waals surface area contributed by atoms with Gasteiger partial charge in [-0.2, -0.15) is 0 Å². The van der Waals surface area contributed by atoms with Gasteiger partial charge in [-0.1, -0.05) is 68.2 Å². The number of carbonyl (C=O) groups excluding carboxylic acids is 1. The number of aromatic nitrogens is 1. The molecule has 1 aromatic heterocycles. The molecule has 0 fully saturated rings. The molecule has 3 aromatic rings. The van der Waals surface area contributed by atoms with Crippen LogP contribution in [0.5, 0.6) is 0 Å². The summed E-state index contributed by atoms with van der Waals surface area (Å²) in [5, 5.41) is 1.08. The van der Waals surface area contributed by atoms with E-state index in [1.54, 1.807) is 0 Å². The average molecular weight is 402 g/mol. The van der Waals surface area contributed by atoms with Gasteiger partial charge in [0.2, 0.25) is 0 Å². The van der Waals surface area contributed by atoms with Crippen molar-refractivity contribution in [1.82, 2.24) is 4.98 Å². The van der Waals surface area contributed by atoms with Crippen LogP contribution in [0.15, 0.2) is 54.6 Å². The van der Waals surface area contributed by atoms with Crippen LogP contribution in [0.4, 0.5) is 0 Å². The van der Waals surface area contributed by atoms with Gasteiger partial charge in [-0.05, 0) is 37.1 Å². The molecule has 4 rings (SSSR count). The van der Waals surface area contributed by atoms with E-state index in [0.717, 1.165) is 33.6 Å². The van der Waals surface area contributed by atoms with Crippen molar-refractivity contribution in [1.29, 1.82) is 0 Å². The van der Waals surface area contributed by atoms with E-state index >= 15 is 0 Å². The van der Waals surface area contributed by atoms with Gasteiger partial charge in [-0.25, -0.2) is 4.98 Å². The lowest BCUT2D eigenvalue weighted by molar-refractivity contribution is 0.105. The number of nitrogens with zero attached hydrogens (tertiary/aromatic N) is 1. The summed E-state index contributed by atoms with van der Waals surface area (Å²) < 4.78 is 6.22. The van der Waals surface area contributed by atoms with Crippen LogP contribution in [-0.2, 0) is 10.8 Å². The van der Waals surface area contributed by atoms with Gasteiger partial charge in [-0.3, -0.25) is 4.79 Å². The number of ether oxygens (including phenoxy) is 1. The summed E-state index contributed by atoms with van der Waals surface area (Å²) in [6.45, 7) is 11.0. The van der Waals surface area contributed by atoms with Crippen LogP contribution >= 0.6 is 0 Å². The van der Waals surface area contributed by atoms with Crippen LogP contribution in [0.3, 0.4) is 0 Å². The SMILES string of the molecule is CC(C)OC1=C(c2ccccc2)C(=O)c2c1nc1ccccc1c2C[Si](C)(C)C. The second-order valence-electron chi connectivity index (χ2n) is 9.13. The van der Waals surface area contributed by atoms with Crippen LogP contribution in [-0.4, -0.2) is 24.9 Å². The number of ketones is 1. The van der Waals surface area contributed by atoms with Gasteiger partial charge in [0.1, 0.15) is 5.69 Å². The molecule has 0 radical (unpaired) electrons. The first-order valence-corrected chi connectivity index (χ1v) is 13.9. The summed E-state index contributed by atoms with van der Waals surface area (Å²) in [4.78, 5) is 18.7. The van der Waals surface area contributed by atoms with Crippen LogP contribution in [0.25, 0.3) is 22.2 Å². The summed E-state index contributed by atoms with van der Waals surface area (Å²) in [7, 11) is -1.48. The molecular formula is C25H27NO2Si. The molecule has 0 unspecified atom stereocenters. The van der Waals surface area contributed by atoms with Crippen LogP contribution in [0.1, 0.15) is 41.0 Å². The third-order valence-electron chi connectivity index (χ3n) is 5.02. The van der Waals surface area contributed by atoms with Crippen molar-refractivity contribution in [3.8, 4) is 0 Å². The lowest BCUT2D eigenvalue weighted by Crippen LogP contribution is -2.25. The lowest BCUT2D eigenvalue weighted by Gasteiger charge is -2.20. The molecule has 29 heavy (non-hydrogen) atoms. The number of carbonyl (C=O) groups is 1. The number of pyridine rings is 1. The van der Waals surface area contributed by atoms with Crippen molar-refractivity contribution < 1.29 is 9.53 Å². The zero-order valence-corrected chi connectivity index (χ0v) is 18.7. The van der Waals surface area contributed by atoms with E-state index in [2.05, 4.69) is 25.7 Å². The Labute approximate surface area is 173 Å². The highest BCUT2D eigenvalue weighted by molar-refractivity contribution is 6.75. The lowest BCUT2D eigenvalue weighted by atomic mass is 9.98. The molecule has 0 atom stereocenters. The van der Waals surface area contributed by atoms with Crippen molar-refractivity contribution in [3.05, 3.63) is 77.0 Å². The molecule has 2 aromatic carbocycles. The predicted octanol–water partition coefficient (Wildman–Crippen LogP) is 6.14. The Balaban J connectivity index is 2.04. The fourth-order valence-electron chi connectivity index (χ4n) is 3.97. The van der Waals surface area contributed by atoms with E-state index < -0.39 is 8.07 Å². The smallest absolute Gasteiger partial charge is 0.200 e. The third-order valence-corrected chi connectivity index (χ3v) is 6.43. The highest BCUT2D eigenvalue weighted by Gasteiger charge is 2.37. The van der Waals surface area contributed by atoms with Crippen molar-refractivity contribution in [2.24, 2.45) is 0 Å². The van der Waals surface area contributed by atoms with Gasteiger partial charge in [0, 0.05) is 13.5 Å². The Morgan fingerprint density at radius 3 is 2.28 bits per heavy atom. The Hall–Kier alpha value is -2.72. The molecule has 0 bridgehead atoms. The summed E-state index contributed by atoms with van der Waals surface area (Å²) in [6, 6.07) is 18.9. The number of Topliss-reactive ketones (excluding diaryl/α,β-unsaturated/α-hetero) is 1. The van der Waals surface area contributed by atoms with Crippen LogP contribution in [0, 0.1) is 0 Å². The maximum Gasteiger partial charge on any atom is 0.200 e. The molecule has 1 aliphatic rings. The number of hydrogen-bond acceptors (Lipinski definition) is 3. The molecule has 1 aliphatic carbocycles. The first-order chi connectivity index (χ1) is 13.8. The maximum absolute atomic E-state index is 13.8. The number of benzene rings is 2. The Morgan fingerprint density at radius 2 is 1.62 bits per heavy atom. The Kier molecular flexibility index (Phi) is 4.91. The zero-order valence-electron chi connectivity index (χ0n) is 17.7. The molecular weight excluding hydrogens is 374 g/mol. The monoisotopic (exact) mass is 401 g/mol. The van der Waals surface area contributed by atoms with Gasteiger partial charge >= 0.3 is 0 Å². The van der Waals surface area contributed by atoms with E-state index in [4.69, 9.17) is 9.72 Å². The fourth-order valence-corrected chi connectivity index (χ4v) is 5.39. The number of para-hydroxylation sites is 1. The van der Waals surface area contributed by atoms with Crippen molar-refractivity contribution in [2.75, 3.05) is 0 Å². The Bertz CT molecular complexity index is 1120. The summed E-state index contributed by atoms with van der Waals surface area (Å²) in [5.74, 6) is 0.655. The van der Waals surface area contributed by atoms with Gasteiger partial charge in [0.05, 0.1) is 22.8 Å². The van der Waals surface area contributed by atoms with E-state index in [9.17, 15) is 4.79 Å². The van der Waals surface area contributed by atoms with Gasteiger partial charge in [0.25, 0.3) is 0 Å². The summed E-state index contributed by atoms with van der Waals surface area (Å²) >= 11 is 0. The molecule has 3 nitrogen and oxygen atoms in total. The summed E-state index contributed by atoms with van der Waals surface area (Å²) in [5.41, 5.74) is 5.01. The second-order valence-corrected chi connectivity index (χ2v) is 14.6. The fraction of sp³-hybridized carbons (Fsp3) is 0.280. The zero-order chi connectivity index (χ0) is 20.8. The van der Waals surface area contributed by atoms with Crippen molar-refractivity contribution >= 4 is 36.1 Å². The first-order valence-electron chi connectivity index (χ1n) is 10.2. The topological polar surface area (TPSA) is 39.2 Å².